The highest BCUT2D eigenvalue weighted by Crippen LogP contribution is 2.24. The van der Waals surface area contributed by atoms with Crippen molar-refractivity contribution >= 4 is 28.1 Å². The summed E-state index contributed by atoms with van der Waals surface area (Å²) in [5.74, 6) is -0.118. The minimum absolute atomic E-state index is 0.118. The lowest BCUT2D eigenvalue weighted by molar-refractivity contribution is 0.0946. The fraction of sp³-hybridized carbons (Fsp3) is 0.0526. The minimum Gasteiger partial charge on any atom is -0.351 e. The molecule has 2 N–H and O–H groups in total. The number of benzene rings is 1. The van der Waals surface area contributed by atoms with Gasteiger partial charge in [-0.05, 0) is 35.2 Å². The first-order valence-electron chi connectivity index (χ1n) is 7.63. The Bertz CT molecular complexity index is 956. The molecule has 0 aliphatic carbocycles. The molecule has 1 amide bonds. The summed E-state index contributed by atoms with van der Waals surface area (Å²) in [4.78, 5) is 20.9. The van der Waals surface area contributed by atoms with Crippen LogP contribution < -0.4 is 5.32 Å². The Kier molecular flexibility index (Phi) is 3.84. The van der Waals surface area contributed by atoms with Gasteiger partial charge >= 0.3 is 0 Å². The lowest BCUT2D eigenvalue weighted by atomic mass is 10.2. The van der Waals surface area contributed by atoms with E-state index in [0.29, 0.717) is 12.2 Å². The number of nitrogens with zero attached hydrogens (tertiary/aromatic N) is 1. The van der Waals surface area contributed by atoms with Gasteiger partial charge in [0.2, 0.25) is 0 Å². The molecule has 1 aromatic carbocycles. The number of pyridine rings is 1. The number of carbonyl (C=O) groups is 1. The Morgan fingerprint density at radius 2 is 2.04 bits per heavy atom. The zero-order valence-corrected chi connectivity index (χ0v) is 13.6. The Morgan fingerprint density at radius 1 is 1.12 bits per heavy atom. The van der Waals surface area contributed by atoms with Gasteiger partial charge in [0.05, 0.1) is 0 Å². The first-order valence-corrected chi connectivity index (χ1v) is 8.51. The van der Waals surface area contributed by atoms with E-state index in [2.05, 4.69) is 27.4 Å². The number of rotatable bonds is 4. The predicted molar refractivity (Wildman–Crippen MR) is 97.0 cm³/mol. The van der Waals surface area contributed by atoms with Crippen molar-refractivity contribution in [2.45, 2.75) is 6.54 Å². The van der Waals surface area contributed by atoms with Crippen LogP contribution in [0.15, 0.2) is 66.3 Å². The van der Waals surface area contributed by atoms with Crippen LogP contribution in [-0.4, -0.2) is 15.9 Å². The van der Waals surface area contributed by atoms with Gasteiger partial charge in [-0.3, -0.25) is 9.78 Å². The van der Waals surface area contributed by atoms with E-state index < -0.39 is 0 Å². The van der Waals surface area contributed by atoms with Crippen LogP contribution in [0.25, 0.3) is 21.3 Å². The monoisotopic (exact) mass is 333 g/mol. The SMILES string of the molecule is O=C(NCc1cncc(-c2cccs2)c1)c1cc2ccccc2[nH]1. The van der Waals surface area contributed by atoms with Crippen molar-refractivity contribution in [3.05, 3.63) is 77.6 Å². The number of aromatic amines is 1. The highest BCUT2D eigenvalue weighted by atomic mass is 32.1. The number of carbonyl (C=O) groups excluding carboxylic acids is 1. The summed E-state index contributed by atoms with van der Waals surface area (Å²) in [7, 11) is 0. The second-order valence-corrected chi connectivity index (χ2v) is 6.46. The van der Waals surface area contributed by atoms with Crippen LogP contribution in [0, 0.1) is 0 Å². The molecule has 5 heteroatoms. The maximum absolute atomic E-state index is 12.3. The van der Waals surface area contributed by atoms with Crippen LogP contribution in [0.3, 0.4) is 0 Å². The van der Waals surface area contributed by atoms with Crippen molar-refractivity contribution in [1.29, 1.82) is 0 Å². The van der Waals surface area contributed by atoms with Crippen molar-refractivity contribution in [2.24, 2.45) is 0 Å². The number of nitrogens with one attached hydrogen (secondary N) is 2. The molecule has 0 bridgehead atoms. The predicted octanol–water partition coefficient (Wildman–Crippen LogP) is 4.22. The van der Waals surface area contributed by atoms with Crippen molar-refractivity contribution in [2.75, 3.05) is 0 Å². The maximum Gasteiger partial charge on any atom is 0.267 e. The highest BCUT2D eigenvalue weighted by Gasteiger charge is 2.09. The number of hydrogen-bond donors (Lipinski definition) is 2. The summed E-state index contributed by atoms with van der Waals surface area (Å²) >= 11 is 1.68. The summed E-state index contributed by atoms with van der Waals surface area (Å²) < 4.78 is 0. The molecule has 4 aromatic rings. The molecule has 0 saturated heterocycles. The van der Waals surface area contributed by atoms with Gasteiger partial charge in [0.15, 0.2) is 0 Å². The van der Waals surface area contributed by atoms with E-state index in [4.69, 9.17) is 0 Å². The molecule has 118 valence electrons. The van der Waals surface area contributed by atoms with E-state index in [9.17, 15) is 4.79 Å². The Hall–Kier alpha value is -2.92. The molecule has 0 atom stereocenters. The third kappa shape index (κ3) is 2.94. The highest BCUT2D eigenvalue weighted by molar-refractivity contribution is 7.13. The van der Waals surface area contributed by atoms with Gasteiger partial charge in [0.1, 0.15) is 5.69 Å². The normalized spacial score (nSPS) is 10.8. The molecule has 4 nitrogen and oxygen atoms in total. The molecule has 0 saturated carbocycles. The Labute approximate surface area is 143 Å². The maximum atomic E-state index is 12.3. The van der Waals surface area contributed by atoms with E-state index >= 15 is 0 Å². The molecular formula is C19H15N3OS. The number of para-hydroxylation sites is 1. The molecule has 3 heterocycles. The molecule has 0 fully saturated rings. The Balaban J connectivity index is 1.48. The van der Waals surface area contributed by atoms with E-state index in [1.54, 1.807) is 17.5 Å². The lowest BCUT2D eigenvalue weighted by Gasteiger charge is -2.05. The van der Waals surface area contributed by atoms with Gasteiger partial charge in [0, 0.05) is 40.3 Å². The van der Waals surface area contributed by atoms with Gasteiger partial charge < -0.3 is 10.3 Å². The first-order chi connectivity index (χ1) is 11.8. The third-order valence-electron chi connectivity index (χ3n) is 3.83. The molecule has 0 spiro atoms. The van der Waals surface area contributed by atoms with Gasteiger partial charge in [-0.2, -0.15) is 0 Å². The van der Waals surface area contributed by atoms with Crippen LogP contribution in [0.5, 0.6) is 0 Å². The van der Waals surface area contributed by atoms with Gasteiger partial charge in [0.25, 0.3) is 5.91 Å². The average Bonchev–Trinajstić information content (AvgIpc) is 3.29. The molecule has 0 radical (unpaired) electrons. The molecule has 0 unspecified atom stereocenters. The van der Waals surface area contributed by atoms with Gasteiger partial charge in [-0.25, -0.2) is 0 Å². The number of fused-ring (bicyclic) bond motifs is 1. The van der Waals surface area contributed by atoms with Crippen LogP contribution in [-0.2, 0) is 6.54 Å². The number of H-pyrrole nitrogens is 1. The van der Waals surface area contributed by atoms with Crippen molar-refractivity contribution in [3.8, 4) is 10.4 Å². The van der Waals surface area contributed by atoms with Crippen LogP contribution in [0.1, 0.15) is 16.1 Å². The quantitative estimate of drug-likeness (QED) is 0.587. The second kappa shape index (κ2) is 6.29. The van der Waals surface area contributed by atoms with Crippen molar-refractivity contribution in [1.82, 2.24) is 15.3 Å². The molecule has 4 rings (SSSR count). The minimum atomic E-state index is -0.118. The summed E-state index contributed by atoms with van der Waals surface area (Å²) in [6.07, 6.45) is 3.62. The van der Waals surface area contributed by atoms with Crippen LogP contribution >= 0.6 is 11.3 Å². The van der Waals surface area contributed by atoms with Gasteiger partial charge in [-0.15, -0.1) is 11.3 Å². The van der Waals surface area contributed by atoms with E-state index in [1.165, 1.54) is 4.88 Å². The largest absolute Gasteiger partial charge is 0.351 e. The average molecular weight is 333 g/mol. The number of hydrogen-bond acceptors (Lipinski definition) is 3. The molecule has 3 aromatic heterocycles. The summed E-state index contributed by atoms with van der Waals surface area (Å²) in [5.41, 5.74) is 3.58. The molecule has 24 heavy (non-hydrogen) atoms. The zero-order chi connectivity index (χ0) is 16.4. The van der Waals surface area contributed by atoms with E-state index in [-0.39, 0.29) is 5.91 Å². The van der Waals surface area contributed by atoms with Crippen LogP contribution in [0.4, 0.5) is 0 Å². The summed E-state index contributed by atoms with van der Waals surface area (Å²) in [5, 5.41) is 6.01. The summed E-state index contributed by atoms with van der Waals surface area (Å²) in [6, 6.07) is 15.9. The number of amides is 1. The van der Waals surface area contributed by atoms with E-state index in [0.717, 1.165) is 22.0 Å². The fourth-order valence-corrected chi connectivity index (χ4v) is 3.34. The third-order valence-corrected chi connectivity index (χ3v) is 4.75. The molecule has 0 aliphatic heterocycles. The van der Waals surface area contributed by atoms with Crippen molar-refractivity contribution < 1.29 is 4.79 Å². The van der Waals surface area contributed by atoms with E-state index in [1.807, 2.05) is 48.0 Å². The molecule has 0 aliphatic rings. The lowest BCUT2D eigenvalue weighted by Crippen LogP contribution is -2.23. The van der Waals surface area contributed by atoms with Crippen LogP contribution in [0.2, 0.25) is 0 Å². The smallest absolute Gasteiger partial charge is 0.267 e. The number of aromatic nitrogens is 2. The fourth-order valence-electron chi connectivity index (χ4n) is 2.64. The second-order valence-electron chi connectivity index (χ2n) is 5.51. The standard InChI is InChI=1S/C19H15N3OS/c23-19(17-9-14-4-1-2-5-16(14)22-17)21-11-13-8-15(12-20-10-13)18-6-3-7-24-18/h1-10,12,22H,11H2,(H,21,23). The number of thiophene rings is 1. The van der Waals surface area contributed by atoms with Gasteiger partial charge in [-0.1, -0.05) is 24.3 Å². The zero-order valence-electron chi connectivity index (χ0n) is 12.8. The van der Waals surface area contributed by atoms with Crippen molar-refractivity contribution in [3.63, 3.8) is 0 Å². The summed E-state index contributed by atoms with van der Waals surface area (Å²) in [6.45, 7) is 0.445. The first kappa shape index (κ1) is 14.7. The Morgan fingerprint density at radius 3 is 2.88 bits per heavy atom. The topological polar surface area (TPSA) is 57.8 Å². The molecular weight excluding hydrogens is 318 g/mol.